The number of carbonyl (C=O) groups excluding carboxylic acids is 1. The average molecular weight is 292 g/mol. The predicted molar refractivity (Wildman–Crippen MR) is 76.7 cm³/mol. The van der Waals surface area contributed by atoms with Gasteiger partial charge in [-0.1, -0.05) is 11.2 Å². The maximum atomic E-state index is 12.5. The number of rotatable bonds is 4. The van der Waals surface area contributed by atoms with Crippen molar-refractivity contribution >= 4 is 11.7 Å². The molecule has 7 heteroatoms. The van der Waals surface area contributed by atoms with E-state index < -0.39 is 5.41 Å². The third-order valence-electron chi connectivity index (χ3n) is 3.91. The summed E-state index contributed by atoms with van der Waals surface area (Å²) in [6, 6.07) is 3.78. The molecule has 0 atom stereocenters. The first-order chi connectivity index (χ1) is 10.1. The van der Waals surface area contributed by atoms with E-state index in [0.29, 0.717) is 32.6 Å². The largest absolute Gasteiger partial charge is 0.409 e. The first-order valence-electron chi connectivity index (χ1n) is 6.85. The number of oxime groups is 1. The Morgan fingerprint density at radius 2 is 2.29 bits per heavy atom. The molecule has 1 aromatic rings. The number of nitrogens with two attached hydrogens (primary N) is 1. The number of amidine groups is 1. The van der Waals surface area contributed by atoms with Gasteiger partial charge < -0.3 is 21.0 Å². The number of hydrogen-bond donors (Lipinski definition) is 3. The van der Waals surface area contributed by atoms with E-state index in [-0.39, 0.29) is 11.7 Å². The second kappa shape index (κ2) is 6.53. The van der Waals surface area contributed by atoms with Gasteiger partial charge >= 0.3 is 0 Å². The van der Waals surface area contributed by atoms with Gasteiger partial charge in [-0.15, -0.1) is 0 Å². The van der Waals surface area contributed by atoms with Gasteiger partial charge in [0, 0.05) is 19.4 Å². The van der Waals surface area contributed by atoms with Crippen LogP contribution in [-0.2, 0) is 16.1 Å². The molecule has 1 fully saturated rings. The lowest BCUT2D eigenvalue weighted by Crippen LogP contribution is -2.52. The van der Waals surface area contributed by atoms with Crippen molar-refractivity contribution in [3.05, 3.63) is 29.6 Å². The van der Waals surface area contributed by atoms with Gasteiger partial charge in [-0.05, 0) is 31.4 Å². The Morgan fingerprint density at radius 3 is 2.90 bits per heavy atom. The number of aromatic nitrogens is 1. The molecule has 0 aliphatic carbocycles. The molecule has 7 nitrogen and oxygen atoms in total. The van der Waals surface area contributed by atoms with Gasteiger partial charge in [-0.25, -0.2) is 0 Å². The number of carbonyl (C=O) groups is 1. The summed E-state index contributed by atoms with van der Waals surface area (Å²) in [6.45, 7) is 3.06. The highest BCUT2D eigenvalue weighted by molar-refractivity contribution is 6.06. The molecule has 0 unspecified atom stereocenters. The topological polar surface area (TPSA) is 110 Å². The minimum atomic E-state index is -1.00. The normalized spacial score (nSPS) is 18.2. The smallest absolute Gasteiger partial charge is 0.234 e. The Hall–Kier alpha value is -2.15. The SMILES string of the molecule is Cc1cccnc1CNC(=O)C1(C(N)=NO)CCOCC1. The van der Waals surface area contributed by atoms with Gasteiger partial charge in [0.1, 0.15) is 5.41 Å². The van der Waals surface area contributed by atoms with Gasteiger partial charge in [-0.3, -0.25) is 9.78 Å². The van der Waals surface area contributed by atoms with Crippen LogP contribution in [0.25, 0.3) is 0 Å². The molecule has 1 amide bonds. The van der Waals surface area contributed by atoms with Crippen molar-refractivity contribution in [3.63, 3.8) is 0 Å². The van der Waals surface area contributed by atoms with Gasteiger partial charge in [0.2, 0.25) is 5.91 Å². The highest BCUT2D eigenvalue weighted by Gasteiger charge is 2.44. The number of amides is 1. The number of aryl methyl sites for hydroxylation is 1. The lowest BCUT2D eigenvalue weighted by atomic mass is 9.78. The van der Waals surface area contributed by atoms with E-state index >= 15 is 0 Å². The molecular formula is C14H20N4O3. The van der Waals surface area contributed by atoms with Gasteiger partial charge in [0.25, 0.3) is 0 Å². The maximum absolute atomic E-state index is 12.5. The monoisotopic (exact) mass is 292 g/mol. The Balaban J connectivity index is 2.11. The minimum absolute atomic E-state index is 0.0685. The molecule has 2 rings (SSSR count). The van der Waals surface area contributed by atoms with Crippen LogP contribution in [0.3, 0.4) is 0 Å². The highest BCUT2D eigenvalue weighted by atomic mass is 16.5. The molecule has 21 heavy (non-hydrogen) atoms. The molecule has 1 aliphatic heterocycles. The summed E-state index contributed by atoms with van der Waals surface area (Å²) in [5.74, 6) is -0.327. The Morgan fingerprint density at radius 1 is 1.57 bits per heavy atom. The van der Waals surface area contributed by atoms with Crippen LogP contribution in [0.2, 0.25) is 0 Å². The summed E-state index contributed by atoms with van der Waals surface area (Å²) in [7, 11) is 0. The summed E-state index contributed by atoms with van der Waals surface area (Å²) >= 11 is 0. The molecule has 2 heterocycles. The van der Waals surface area contributed by atoms with Crippen LogP contribution < -0.4 is 11.1 Å². The third-order valence-corrected chi connectivity index (χ3v) is 3.91. The van der Waals surface area contributed by atoms with E-state index in [1.165, 1.54) is 0 Å². The van der Waals surface area contributed by atoms with Crippen molar-refractivity contribution in [2.24, 2.45) is 16.3 Å². The van der Waals surface area contributed by atoms with Crippen LogP contribution in [-0.4, -0.2) is 35.1 Å². The van der Waals surface area contributed by atoms with Crippen molar-refractivity contribution < 1.29 is 14.7 Å². The average Bonchev–Trinajstić information content (AvgIpc) is 2.53. The standard InChI is InChI=1S/C14H20N4O3/c1-10-3-2-6-16-11(10)9-17-13(19)14(12(15)18-20)4-7-21-8-5-14/h2-3,6,20H,4-5,7-9H2,1H3,(H2,15,18)(H,17,19). The van der Waals surface area contributed by atoms with Crippen LogP contribution in [0, 0.1) is 12.3 Å². The first kappa shape index (κ1) is 15.2. The van der Waals surface area contributed by atoms with E-state index in [9.17, 15) is 4.79 Å². The quantitative estimate of drug-likeness (QED) is 0.325. The minimum Gasteiger partial charge on any atom is -0.409 e. The van der Waals surface area contributed by atoms with Crippen molar-refractivity contribution in [2.75, 3.05) is 13.2 Å². The molecule has 0 aromatic carbocycles. The summed E-state index contributed by atoms with van der Waals surface area (Å²) in [5, 5.41) is 14.8. The number of nitrogens with one attached hydrogen (secondary N) is 1. The van der Waals surface area contributed by atoms with Gasteiger partial charge in [0.15, 0.2) is 5.84 Å². The fourth-order valence-electron chi connectivity index (χ4n) is 2.45. The number of pyridine rings is 1. The molecule has 1 aromatic heterocycles. The van der Waals surface area contributed by atoms with Crippen LogP contribution in [0.4, 0.5) is 0 Å². The number of hydrogen-bond acceptors (Lipinski definition) is 5. The lowest BCUT2D eigenvalue weighted by molar-refractivity contribution is -0.131. The molecule has 0 spiro atoms. The summed E-state index contributed by atoms with van der Waals surface area (Å²) < 4.78 is 5.27. The molecule has 1 saturated heterocycles. The van der Waals surface area contributed by atoms with Crippen LogP contribution >= 0.6 is 0 Å². The second-order valence-electron chi connectivity index (χ2n) is 5.13. The van der Waals surface area contributed by atoms with Crippen molar-refractivity contribution in [1.29, 1.82) is 0 Å². The maximum Gasteiger partial charge on any atom is 0.234 e. The summed E-state index contributed by atoms with van der Waals surface area (Å²) in [5.41, 5.74) is 6.55. The fraction of sp³-hybridized carbons (Fsp3) is 0.500. The molecular weight excluding hydrogens is 272 g/mol. The predicted octanol–water partition coefficient (Wildman–Crippen LogP) is 0.549. The molecule has 0 bridgehead atoms. The summed E-state index contributed by atoms with van der Waals surface area (Å²) in [6.07, 6.45) is 2.48. The Bertz CT molecular complexity index is 539. The Labute approximate surface area is 123 Å². The van der Waals surface area contributed by atoms with Crippen molar-refractivity contribution in [1.82, 2.24) is 10.3 Å². The number of ether oxygens (including phenoxy) is 1. The zero-order valence-electron chi connectivity index (χ0n) is 12.0. The number of nitrogens with zero attached hydrogens (tertiary/aromatic N) is 2. The third kappa shape index (κ3) is 3.13. The van der Waals surface area contributed by atoms with E-state index in [1.54, 1.807) is 6.20 Å². The van der Waals surface area contributed by atoms with Crippen LogP contribution in [0.5, 0.6) is 0 Å². The first-order valence-corrected chi connectivity index (χ1v) is 6.85. The van der Waals surface area contributed by atoms with Crippen molar-refractivity contribution in [2.45, 2.75) is 26.3 Å². The molecule has 114 valence electrons. The van der Waals surface area contributed by atoms with Gasteiger partial charge in [-0.2, -0.15) is 0 Å². The second-order valence-corrected chi connectivity index (χ2v) is 5.13. The zero-order chi connectivity index (χ0) is 15.3. The molecule has 4 N–H and O–H groups in total. The van der Waals surface area contributed by atoms with E-state index in [0.717, 1.165) is 11.3 Å². The van der Waals surface area contributed by atoms with Crippen molar-refractivity contribution in [3.8, 4) is 0 Å². The Kier molecular flexibility index (Phi) is 4.74. The molecule has 0 radical (unpaired) electrons. The molecule has 1 aliphatic rings. The lowest BCUT2D eigenvalue weighted by Gasteiger charge is -2.34. The fourth-order valence-corrected chi connectivity index (χ4v) is 2.45. The van der Waals surface area contributed by atoms with E-state index in [1.807, 2.05) is 19.1 Å². The highest BCUT2D eigenvalue weighted by Crippen LogP contribution is 2.31. The van der Waals surface area contributed by atoms with Crippen LogP contribution in [0.1, 0.15) is 24.1 Å². The van der Waals surface area contributed by atoms with E-state index in [4.69, 9.17) is 15.7 Å². The summed E-state index contributed by atoms with van der Waals surface area (Å²) in [4.78, 5) is 16.8. The zero-order valence-corrected chi connectivity index (χ0v) is 12.0. The van der Waals surface area contributed by atoms with Crippen LogP contribution in [0.15, 0.2) is 23.5 Å². The van der Waals surface area contributed by atoms with E-state index in [2.05, 4.69) is 15.5 Å². The van der Waals surface area contributed by atoms with Gasteiger partial charge in [0.05, 0.1) is 12.2 Å². The molecule has 0 saturated carbocycles.